The first kappa shape index (κ1) is 38.7. The van der Waals surface area contributed by atoms with E-state index >= 15 is 0 Å². The van der Waals surface area contributed by atoms with Crippen LogP contribution in [-0.4, -0.2) is 42.9 Å². The first-order valence-electron chi connectivity index (χ1n) is 11.2. The normalized spacial score (nSPS) is 14.7. The largest absolute Gasteiger partial charge is 4.00 e. The Balaban J connectivity index is -0.000000337. The van der Waals surface area contributed by atoms with Crippen LogP contribution in [0.3, 0.4) is 0 Å². The van der Waals surface area contributed by atoms with Crippen LogP contribution in [0.25, 0.3) is 0 Å². The zero-order valence-corrected chi connectivity index (χ0v) is 24.0. The summed E-state index contributed by atoms with van der Waals surface area (Å²) in [6.07, 6.45) is 1.75. The monoisotopic (exact) mass is 490 g/mol. The molecule has 1 rings (SSSR count). The summed E-state index contributed by atoms with van der Waals surface area (Å²) < 4.78 is 0. The van der Waals surface area contributed by atoms with E-state index in [1.54, 1.807) is 20.8 Å². The summed E-state index contributed by atoms with van der Waals surface area (Å²) in [6.45, 7) is 22.9. The third-order valence-corrected chi connectivity index (χ3v) is 5.15. The molecule has 0 saturated carbocycles. The van der Waals surface area contributed by atoms with Gasteiger partial charge in [-0.1, -0.05) is 83.1 Å². The van der Waals surface area contributed by atoms with Gasteiger partial charge in [0.1, 0.15) is 0 Å². The maximum absolute atomic E-state index is 12.0. The van der Waals surface area contributed by atoms with Crippen molar-refractivity contribution in [2.75, 3.05) is 19.8 Å². The van der Waals surface area contributed by atoms with Crippen LogP contribution < -0.4 is 20.4 Å². The molecule has 0 aliphatic carbocycles. The van der Waals surface area contributed by atoms with Gasteiger partial charge in [-0.2, -0.15) is 0 Å². The molecule has 7 nitrogen and oxygen atoms in total. The van der Waals surface area contributed by atoms with Crippen molar-refractivity contribution < 1.29 is 46.9 Å². The summed E-state index contributed by atoms with van der Waals surface area (Å²) >= 11 is 0. The van der Waals surface area contributed by atoms with Crippen molar-refractivity contribution in [3.05, 3.63) is 0 Å². The third-order valence-electron chi connectivity index (χ3n) is 5.15. The van der Waals surface area contributed by atoms with Crippen LogP contribution in [0.2, 0.25) is 0 Å². The molecular formula is C24H46N2O5Ti. The molecule has 0 atom stereocenters. The minimum atomic E-state index is -1.53. The Labute approximate surface area is 211 Å². The van der Waals surface area contributed by atoms with Gasteiger partial charge >= 0.3 is 21.7 Å². The van der Waals surface area contributed by atoms with Gasteiger partial charge in [0.2, 0.25) is 0 Å². The molecule has 0 saturated heterocycles. The van der Waals surface area contributed by atoms with E-state index in [1.165, 1.54) is 0 Å². The van der Waals surface area contributed by atoms with Gasteiger partial charge in [0.05, 0.1) is 17.4 Å². The Kier molecular flexibility index (Phi) is 20.5. The van der Waals surface area contributed by atoms with E-state index in [9.17, 15) is 9.90 Å². The van der Waals surface area contributed by atoms with E-state index in [4.69, 9.17) is 15.3 Å². The number of nitrogens with zero attached hydrogens (tertiary/aromatic N) is 2. The maximum Gasteiger partial charge on any atom is 4.00 e. The van der Waals surface area contributed by atoms with Crippen molar-refractivity contribution in [2.24, 2.45) is 26.2 Å². The summed E-state index contributed by atoms with van der Waals surface area (Å²) in [5, 5.41) is 38.8. The van der Waals surface area contributed by atoms with Crippen LogP contribution in [0, 0.1) is 16.2 Å². The van der Waals surface area contributed by atoms with Crippen molar-refractivity contribution in [2.45, 2.75) is 102 Å². The van der Waals surface area contributed by atoms with Crippen molar-refractivity contribution in [1.82, 2.24) is 0 Å². The number of carbonyl (C=O) groups is 1. The number of carboxylic acids is 1. The fourth-order valence-electron chi connectivity index (χ4n) is 2.47. The average Bonchev–Trinajstić information content (AvgIpc) is 3.08. The summed E-state index contributed by atoms with van der Waals surface area (Å²) in [6, 6.07) is 0. The SMILES string of the molecule is CCC(C)(C)C1=NC(C(=O)[O-])(C(C)(C)C)N=C1C(C)(C)CC.CC[O-].CC[O-].CC[O-].[Ti+4]. The number of rotatable bonds is 5. The van der Waals surface area contributed by atoms with E-state index in [0.29, 0.717) is 0 Å². The zero-order valence-electron chi connectivity index (χ0n) is 22.5. The van der Waals surface area contributed by atoms with Gasteiger partial charge in [0.25, 0.3) is 0 Å². The summed E-state index contributed by atoms with van der Waals surface area (Å²) in [4.78, 5) is 21.3. The Morgan fingerprint density at radius 1 is 0.719 bits per heavy atom. The van der Waals surface area contributed by atoms with Crippen LogP contribution in [-0.2, 0) is 26.5 Å². The van der Waals surface area contributed by atoms with Crippen LogP contribution >= 0.6 is 0 Å². The molecule has 1 aliphatic heterocycles. The van der Waals surface area contributed by atoms with Crippen LogP contribution in [0.1, 0.15) is 95.9 Å². The molecule has 0 radical (unpaired) electrons. The second-order valence-electron chi connectivity index (χ2n) is 9.47. The van der Waals surface area contributed by atoms with Gasteiger partial charge < -0.3 is 25.2 Å². The smallest absolute Gasteiger partial charge is 0.855 e. The van der Waals surface area contributed by atoms with E-state index in [1.807, 2.05) is 20.8 Å². The number of carboxylic acid groups (broad SMARTS) is 1. The predicted molar refractivity (Wildman–Crippen MR) is 122 cm³/mol. The van der Waals surface area contributed by atoms with E-state index in [0.717, 1.165) is 24.3 Å². The van der Waals surface area contributed by atoms with Crippen LogP contribution in [0.15, 0.2) is 9.98 Å². The number of aliphatic imine (C=N–C) groups is 2. The fraction of sp³-hybridized carbons (Fsp3) is 0.875. The van der Waals surface area contributed by atoms with Gasteiger partial charge in [-0.15, -0.1) is 19.8 Å². The van der Waals surface area contributed by atoms with Gasteiger partial charge in [0, 0.05) is 16.2 Å². The molecule has 1 aliphatic rings. The number of hydrogen-bond donors (Lipinski definition) is 0. The molecule has 8 heteroatoms. The molecule has 0 N–H and O–H groups in total. The molecule has 0 bridgehead atoms. The molecule has 32 heavy (non-hydrogen) atoms. The van der Waals surface area contributed by atoms with E-state index in [-0.39, 0.29) is 52.4 Å². The van der Waals surface area contributed by atoms with Gasteiger partial charge in [-0.05, 0) is 12.8 Å². The van der Waals surface area contributed by atoms with Crippen molar-refractivity contribution >= 4 is 17.4 Å². The number of aliphatic carboxylic acids is 1. The Bertz CT molecular complexity index is 543. The Morgan fingerprint density at radius 2 is 0.938 bits per heavy atom. The topological polar surface area (TPSA) is 134 Å². The maximum atomic E-state index is 12.0. The van der Waals surface area contributed by atoms with Crippen molar-refractivity contribution in [1.29, 1.82) is 0 Å². The van der Waals surface area contributed by atoms with Gasteiger partial charge in [-0.25, -0.2) is 0 Å². The minimum Gasteiger partial charge on any atom is -0.855 e. The Hall–Kier alpha value is -0.596. The Morgan fingerprint density at radius 3 is 1.06 bits per heavy atom. The third kappa shape index (κ3) is 11.0. The van der Waals surface area contributed by atoms with Crippen molar-refractivity contribution in [3.8, 4) is 0 Å². The first-order chi connectivity index (χ1) is 14.0. The molecule has 1 heterocycles. The molecule has 0 fully saturated rings. The molecule has 0 aromatic carbocycles. The summed E-state index contributed by atoms with van der Waals surface area (Å²) in [5.41, 5.74) is -0.966. The molecule has 0 aromatic rings. The summed E-state index contributed by atoms with van der Waals surface area (Å²) in [5.74, 6) is -1.22. The minimum absolute atomic E-state index is 0. The van der Waals surface area contributed by atoms with E-state index < -0.39 is 17.0 Å². The molecular weight excluding hydrogens is 444 g/mol. The number of hydrogen-bond acceptors (Lipinski definition) is 7. The standard InChI is InChI=1S/C18H32N2O2.3C2H5O.Ti/c1-10-16(6,7)12-13(17(8,9)11-2)20-18(19-12,14(21)22)15(3,4)5;3*1-2-3;/h10-11H2,1-9H3,(H,21,22);3*2H2,1H3;/q;3*-1;+4/p-1. The molecule has 186 valence electrons. The second-order valence-corrected chi connectivity index (χ2v) is 9.47. The van der Waals surface area contributed by atoms with Crippen LogP contribution in [0.5, 0.6) is 0 Å². The summed E-state index contributed by atoms with van der Waals surface area (Å²) in [7, 11) is 0. The van der Waals surface area contributed by atoms with Crippen LogP contribution in [0.4, 0.5) is 0 Å². The molecule has 0 aromatic heterocycles. The predicted octanol–water partition coefficient (Wildman–Crippen LogP) is 1.34. The second kappa shape index (κ2) is 16.9. The molecule has 0 amide bonds. The van der Waals surface area contributed by atoms with Crippen molar-refractivity contribution in [3.63, 3.8) is 0 Å². The number of carbonyl (C=O) groups excluding carboxylic acids is 1. The van der Waals surface area contributed by atoms with Gasteiger partial charge in [0.15, 0.2) is 5.66 Å². The van der Waals surface area contributed by atoms with Gasteiger partial charge in [-0.3, -0.25) is 9.98 Å². The zero-order chi connectivity index (χ0) is 25.7. The molecule has 0 unspecified atom stereocenters. The first-order valence-corrected chi connectivity index (χ1v) is 11.2. The quantitative estimate of drug-likeness (QED) is 0.536. The fourth-order valence-corrected chi connectivity index (χ4v) is 2.47. The van der Waals surface area contributed by atoms with E-state index in [2.05, 4.69) is 51.5 Å². The average molecular weight is 491 g/mol. The molecule has 0 spiro atoms.